The van der Waals surface area contributed by atoms with Gasteiger partial charge in [0.05, 0.1) is 5.54 Å². The fourth-order valence-electron chi connectivity index (χ4n) is 5.61. The number of nitrogens with zero attached hydrogens (tertiary/aromatic N) is 1. The molecule has 0 radical (unpaired) electrons. The lowest BCUT2D eigenvalue weighted by Crippen LogP contribution is -2.67. The highest BCUT2D eigenvalue weighted by molar-refractivity contribution is 5.98. The van der Waals surface area contributed by atoms with Gasteiger partial charge in [0.25, 0.3) is 0 Å². The van der Waals surface area contributed by atoms with E-state index in [0.717, 1.165) is 37.0 Å². The van der Waals surface area contributed by atoms with E-state index in [4.69, 9.17) is 0 Å². The Morgan fingerprint density at radius 1 is 1.05 bits per heavy atom. The number of urea groups is 1. The minimum absolute atomic E-state index is 0.00911. The third-order valence-corrected chi connectivity index (χ3v) is 5.78. The summed E-state index contributed by atoms with van der Waals surface area (Å²) in [5, 5.41) is 2.95. The first-order chi connectivity index (χ1) is 9.06. The summed E-state index contributed by atoms with van der Waals surface area (Å²) in [5.41, 5.74) is -0.129. The second-order valence-corrected chi connectivity index (χ2v) is 7.43. The van der Waals surface area contributed by atoms with Crippen molar-refractivity contribution in [3.63, 3.8) is 0 Å². The number of hydrogen-bond acceptors (Lipinski definition) is 2. The molecule has 0 aromatic heterocycles. The fourth-order valence-corrected chi connectivity index (χ4v) is 5.61. The van der Waals surface area contributed by atoms with E-state index < -0.39 is 0 Å². The van der Waals surface area contributed by atoms with Crippen molar-refractivity contribution in [2.75, 3.05) is 0 Å². The highest BCUT2D eigenvalue weighted by Crippen LogP contribution is 2.58. The Morgan fingerprint density at radius 2 is 1.58 bits per heavy atom. The van der Waals surface area contributed by atoms with Crippen LogP contribution < -0.4 is 5.32 Å². The Kier molecular flexibility index (Phi) is 2.31. The summed E-state index contributed by atoms with van der Waals surface area (Å²) < 4.78 is 0. The largest absolute Gasteiger partial charge is 0.335 e. The molecule has 4 aliphatic carbocycles. The van der Waals surface area contributed by atoms with Crippen LogP contribution in [0.4, 0.5) is 4.79 Å². The maximum Gasteiger partial charge on any atom is 0.324 e. The molecule has 0 spiro atoms. The van der Waals surface area contributed by atoms with E-state index in [1.165, 1.54) is 19.3 Å². The Bertz CT molecular complexity index is 392. The molecule has 5 rings (SSSR count). The molecule has 1 heterocycles. The highest BCUT2D eigenvalue weighted by Gasteiger charge is 2.57. The van der Waals surface area contributed by atoms with Gasteiger partial charge in [-0.2, -0.15) is 0 Å². The molecule has 5 aliphatic rings. The van der Waals surface area contributed by atoms with Gasteiger partial charge < -0.3 is 5.32 Å². The summed E-state index contributed by atoms with van der Waals surface area (Å²) in [4.78, 5) is 26.4. The van der Waals surface area contributed by atoms with Crippen molar-refractivity contribution in [1.29, 1.82) is 0 Å². The van der Waals surface area contributed by atoms with E-state index in [2.05, 4.69) is 5.32 Å². The second-order valence-electron chi connectivity index (χ2n) is 7.43. The van der Waals surface area contributed by atoms with Gasteiger partial charge in [-0.25, -0.2) is 4.79 Å². The van der Waals surface area contributed by atoms with Crippen LogP contribution in [0.2, 0.25) is 0 Å². The lowest BCUT2D eigenvalue weighted by molar-refractivity contribution is -0.145. The Morgan fingerprint density at radius 3 is 2.05 bits per heavy atom. The maximum absolute atomic E-state index is 12.4. The molecule has 4 bridgehead atoms. The molecule has 1 atom stereocenters. The number of rotatable bonds is 1. The molecular weight excluding hydrogens is 240 g/mol. The standard InChI is InChI=1S/C15H22N2O2/c1-9-2-13(18)17(14(19)16-9)15-6-10-3-11(7-15)5-12(4-10)8-15/h9-12H,2-8H2,1H3,(H,16,19). The zero-order valence-corrected chi connectivity index (χ0v) is 11.5. The van der Waals surface area contributed by atoms with Crippen LogP contribution in [-0.4, -0.2) is 28.4 Å². The summed E-state index contributed by atoms with van der Waals surface area (Å²) in [6.45, 7) is 1.91. The first-order valence-corrected chi connectivity index (χ1v) is 7.69. The Hall–Kier alpha value is -1.06. The smallest absolute Gasteiger partial charge is 0.324 e. The van der Waals surface area contributed by atoms with E-state index in [0.29, 0.717) is 6.42 Å². The molecule has 4 saturated carbocycles. The minimum atomic E-state index is -0.134. The fraction of sp³-hybridized carbons (Fsp3) is 0.867. The number of nitrogens with one attached hydrogen (secondary N) is 1. The molecule has 4 nitrogen and oxygen atoms in total. The number of amides is 3. The molecule has 19 heavy (non-hydrogen) atoms. The molecule has 3 amide bonds. The number of hydrogen-bond donors (Lipinski definition) is 1. The van der Waals surface area contributed by atoms with E-state index in [1.807, 2.05) is 6.92 Å². The molecule has 0 aromatic carbocycles. The van der Waals surface area contributed by atoms with Crippen molar-refractivity contribution in [3.05, 3.63) is 0 Å². The summed E-state index contributed by atoms with van der Waals surface area (Å²) >= 11 is 0. The molecule has 1 N–H and O–H groups in total. The molecule has 5 fully saturated rings. The minimum Gasteiger partial charge on any atom is -0.335 e. The van der Waals surface area contributed by atoms with Crippen molar-refractivity contribution in [3.8, 4) is 0 Å². The van der Waals surface area contributed by atoms with Crippen molar-refractivity contribution in [2.24, 2.45) is 17.8 Å². The quantitative estimate of drug-likeness (QED) is 0.788. The lowest BCUT2D eigenvalue weighted by Gasteiger charge is -2.60. The Labute approximate surface area is 113 Å². The van der Waals surface area contributed by atoms with Crippen molar-refractivity contribution in [1.82, 2.24) is 10.2 Å². The predicted octanol–water partition coefficient (Wildman–Crippen LogP) is 2.29. The summed E-state index contributed by atoms with van der Waals surface area (Å²) in [7, 11) is 0. The van der Waals surface area contributed by atoms with Crippen LogP contribution in [0.3, 0.4) is 0 Å². The lowest BCUT2D eigenvalue weighted by atomic mass is 9.52. The van der Waals surface area contributed by atoms with Gasteiger partial charge in [-0.1, -0.05) is 0 Å². The monoisotopic (exact) mass is 262 g/mol. The molecule has 1 unspecified atom stereocenters. The van der Waals surface area contributed by atoms with E-state index >= 15 is 0 Å². The van der Waals surface area contributed by atoms with Gasteiger partial charge in [-0.15, -0.1) is 0 Å². The van der Waals surface area contributed by atoms with Crippen LogP contribution in [0, 0.1) is 17.8 Å². The summed E-state index contributed by atoms with van der Waals surface area (Å²) in [6.07, 6.45) is 7.65. The van der Waals surface area contributed by atoms with E-state index in [1.54, 1.807) is 4.90 Å². The molecule has 0 aromatic rings. The molecule has 1 saturated heterocycles. The SMILES string of the molecule is CC1CC(=O)N(C23CC4CC(CC(C4)C2)C3)C(=O)N1. The predicted molar refractivity (Wildman–Crippen MR) is 70.4 cm³/mol. The average molecular weight is 262 g/mol. The second kappa shape index (κ2) is 3.74. The van der Waals surface area contributed by atoms with Crippen LogP contribution in [0.15, 0.2) is 0 Å². The van der Waals surface area contributed by atoms with Gasteiger partial charge in [0.15, 0.2) is 0 Å². The first kappa shape index (κ1) is 11.7. The van der Waals surface area contributed by atoms with Gasteiger partial charge >= 0.3 is 6.03 Å². The first-order valence-electron chi connectivity index (χ1n) is 7.69. The zero-order chi connectivity index (χ0) is 13.2. The highest BCUT2D eigenvalue weighted by atomic mass is 16.2. The Balaban J connectivity index is 1.67. The molecule has 104 valence electrons. The van der Waals surface area contributed by atoms with Gasteiger partial charge in [0.1, 0.15) is 0 Å². The van der Waals surface area contributed by atoms with Gasteiger partial charge in [-0.05, 0) is 63.2 Å². The number of imide groups is 1. The van der Waals surface area contributed by atoms with Crippen LogP contribution >= 0.6 is 0 Å². The van der Waals surface area contributed by atoms with Gasteiger partial charge in [-0.3, -0.25) is 9.69 Å². The van der Waals surface area contributed by atoms with Crippen LogP contribution in [0.25, 0.3) is 0 Å². The number of carbonyl (C=O) groups is 2. The third kappa shape index (κ3) is 1.65. The topological polar surface area (TPSA) is 49.4 Å². The number of carbonyl (C=O) groups excluding carboxylic acids is 2. The van der Waals surface area contributed by atoms with Crippen LogP contribution in [-0.2, 0) is 4.79 Å². The normalized spacial score (nSPS) is 48.6. The summed E-state index contributed by atoms with van der Waals surface area (Å²) in [6, 6.07) is -0.143. The third-order valence-electron chi connectivity index (χ3n) is 5.78. The van der Waals surface area contributed by atoms with E-state index in [-0.39, 0.29) is 23.5 Å². The summed E-state index contributed by atoms with van der Waals surface area (Å²) in [5.74, 6) is 2.32. The van der Waals surface area contributed by atoms with Crippen molar-refractivity contribution >= 4 is 11.9 Å². The zero-order valence-electron chi connectivity index (χ0n) is 11.5. The molecular formula is C15H22N2O2. The van der Waals surface area contributed by atoms with E-state index in [9.17, 15) is 9.59 Å². The van der Waals surface area contributed by atoms with Crippen molar-refractivity contribution in [2.45, 2.75) is 63.5 Å². The molecule has 4 heteroatoms. The van der Waals surface area contributed by atoms with Crippen molar-refractivity contribution < 1.29 is 9.59 Å². The van der Waals surface area contributed by atoms with Gasteiger partial charge in [0.2, 0.25) is 5.91 Å². The maximum atomic E-state index is 12.4. The van der Waals surface area contributed by atoms with Gasteiger partial charge in [0, 0.05) is 12.5 Å². The van der Waals surface area contributed by atoms with Crippen LogP contribution in [0.5, 0.6) is 0 Å². The average Bonchev–Trinajstić information content (AvgIpc) is 2.24. The molecule has 1 aliphatic heterocycles. The van der Waals surface area contributed by atoms with Crippen LogP contribution in [0.1, 0.15) is 51.9 Å².